The lowest BCUT2D eigenvalue weighted by atomic mass is 9.85. The van der Waals surface area contributed by atoms with Gasteiger partial charge >= 0.3 is 19.8 Å². The van der Waals surface area contributed by atoms with Gasteiger partial charge in [0.05, 0.1) is 6.61 Å². The van der Waals surface area contributed by atoms with Gasteiger partial charge in [-0.3, -0.25) is 18.6 Å². The molecule has 0 bridgehead atoms. The fourth-order valence-corrected chi connectivity index (χ4v) is 7.18. The van der Waals surface area contributed by atoms with E-state index in [1.54, 1.807) is 6.92 Å². The third-order valence-corrected chi connectivity index (χ3v) is 10.5. The predicted octanol–water partition coefficient (Wildman–Crippen LogP) is 6.16. The van der Waals surface area contributed by atoms with Crippen LogP contribution in [0.2, 0.25) is 0 Å². The van der Waals surface area contributed by atoms with Gasteiger partial charge in [-0.25, -0.2) is 4.57 Å². The summed E-state index contributed by atoms with van der Waals surface area (Å²) in [6.07, 6.45) is 14.8. The molecule has 0 aromatic heterocycles. The van der Waals surface area contributed by atoms with Crippen LogP contribution in [-0.4, -0.2) is 98.3 Å². The van der Waals surface area contributed by atoms with Gasteiger partial charge in [0.25, 0.3) is 0 Å². The zero-order valence-corrected chi connectivity index (χ0v) is 32.3. The Morgan fingerprint density at radius 1 is 0.549 bits per heavy atom. The second-order valence-corrected chi connectivity index (χ2v) is 15.5. The average Bonchev–Trinajstić information content (AvgIpc) is 3.11. The van der Waals surface area contributed by atoms with Crippen LogP contribution < -0.4 is 0 Å². The summed E-state index contributed by atoms with van der Waals surface area (Å²) in [6.45, 7) is 2.65. The maximum absolute atomic E-state index is 12.5. The molecule has 0 aromatic carbocycles. The molecule has 51 heavy (non-hydrogen) atoms. The first-order valence-corrected chi connectivity index (χ1v) is 21.3. The number of carbonyl (C=O) groups excluding carboxylic acids is 2. The number of ether oxygens (including phenoxy) is 2. The molecule has 1 aliphatic rings. The van der Waals surface area contributed by atoms with E-state index in [0.29, 0.717) is 6.42 Å². The molecule has 6 atom stereocenters. The molecule has 0 spiro atoms. The third-order valence-electron chi connectivity index (χ3n) is 9.50. The Morgan fingerprint density at radius 3 is 1.31 bits per heavy atom. The average molecular weight is 755 g/mol. The molecule has 13 nitrogen and oxygen atoms in total. The lowest BCUT2D eigenvalue weighted by Gasteiger charge is -2.41. The minimum absolute atomic E-state index is 0.0521. The van der Waals surface area contributed by atoms with Crippen LogP contribution in [0.5, 0.6) is 0 Å². The SMILES string of the molecule is CCCCCCCCCCCCCCCCCCCCCCCCC(=O)OC(COC(=O)CC)COP(=O)(O)OC1C(O)C(O)C(O)C(O)C1O. The molecule has 0 saturated heterocycles. The van der Waals surface area contributed by atoms with Gasteiger partial charge < -0.3 is 39.9 Å². The number of unbranched alkanes of at least 4 members (excludes halogenated alkanes) is 21. The van der Waals surface area contributed by atoms with Crippen LogP contribution in [0.3, 0.4) is 0 Å². The van der Waals surface area contributed by atoms with Crippen molar-refractivity contribution in [2.75, 3.05) is 13.2 Å². The van der Waals surface area contributed by atoms with Crippen molar-refractivity contribution in [2.45, 2.75) is 211 Å². The maximum Gasteiger partial charge on any atom is 0.472 e. The molecule has 0 radical (unpaired) electrons. The number of rotatable bonds is 32. The van der Waals surface area contributed by atoms with E-state index in [4.69, 9.17) is 18.5 Å². The highest BCUT2D eigenvalue weighted by atomic mass is 31.2. The molecule has 1 saturated carbocycles. The monoisotopic (exact) mass is 754 g/mol. The highest BCUT2D eigenvalue weighted by Gasteiger charge is 2.51. The first kappa shape index (κ1) is 47.9. The number of aliphatic hydroxyl groups excluding tert-OH is 5. The van der Waals surface area contributed by atoms with Crippen LogP contribution in [-0.2, 0) is 32.7 Å². The van der Waals surface area contributed by atoms with Crippen molar-refractivity contribution < 1.29 is 63.1 Å². The van der Waals surface area contributed by atoms with Gasteiger partial charge in [0.15, 0.2) is 6.10 Å². The van der Waals surface area contributed by atoms with Crippen LogP contribution in [0.4, 0.5) is 0 Å². The molecule has 1 aliphatic carbocycles. The van der Waals surface area contributed by atoms with E-state index < -0.39 is 75.7 Å². The molecule has 1 fully saturated rings. The van der Waals surface area contributed by atoms with Crippen molar-refractivity contribution in [2.24, 2.45) is 0 Å². The second-order valence-electron chi connectivity index (χ2n) is 14.1. The zero-order valence-electron chi connectivity index (χ0n) is 31.4. The Morgan fingerprint density at radius 2 is 0.922 bits per heavy atom. The molecule has 302 valence electrons. The molecular weight excluding hydrogens is 683 g/mol. The summed E-state index contributed by atoms with van der Waals surface area (Å²) in [5.41, 5.74) is 0. The van der Waals surface area contributed by atoms with Gasteiger partial charge in [0.1, 0.15) is 43.2 Å². The van der Waals surface area contributed by atoms with Crippen LogP contribution in [0.25, 0.3) is 0 Å². The summed E-state index contributed by atoms with van der Waals surface area (Å²) in [6, 6.07) is 0. The van der Waals surface area contributed by atoms with Crippen LogP contribution in [0, 0.1) is 0 Å². The Kier molecular flexibility index (Phi) is 27.4. The normalized spacial score (nSPS) is 23.8. The minimum Gasteiger partial charge on any atom is -0.462 e. The standard InChI is InChI=1S/C37H71O13P/c1-3-5-6-7-8-9-10-11-12-13-14-15-16-17-18-19-20-21-22-23-24-25-26-31(39)49-29(27-47-30(38)4-2)28-48-51(45,46)50-37-35(43)33(41)32(40)34(42)36(37)44/h29,32-37,40-44H,3-28H2,1-2H3,(H,45,46). The van der Waals surface area contributed by atoms with E-state index in [-0.39, 0.29) is 12.8 Å². The number of phosphoric acid groups is 1. The Labute approximate surface area is 306 Å². The number of hydrogen-bond donors (Lipinski definition) is 6. The van der Waals surface area contributed by atoms with Crippen molar-refractivity contribution in [1.82, 2.24) is 0 Å². The Bertz CT molecular complexity index is 922. The molecule has 14 heteroatoms. The number of carbonyl (C=O) groups is 2. The largest absolute Gasteiger partial charge is 0.472 e. The molecule has 1 rings (SSSR count). The fraction of sp³-hybridized carbons (Fsp3) is 0.946. The number of hydrogen-bond acceptors (Lipinski definition) is 12. The van der Waals surface area contributed by atoms with Crippen molar-refractivity contribution in [3.63, 3.8) is 0 Å². The summed E-state index contributed by atoms with van der Waals surface area (Å²) >= 11 is 0. The second kappa shape index (κ2) is 29.2. The fourth-order valence-electron chi connectivity index (χ4n) is 6.21. The number of aliphatic hydroxyl groups is 5. The first-order chi connectivity index (χ1) is 24.4. The van der Waals surface area contributed by atoms with Crippen LogP contribution >= 0.6 is 7.82 Å². The van der Waals surface area contributed by atoms with E-state index in [1.807, 2.05) is 0 Å². The van der Waals surface area contributed by atoms with Gasteiger partial charge in [-0.05, 0) is 6.42 Å². The first-order valence-electron chi connectivity index (χ1n) is 19.8. The lowest BCUT2D eigenvalue weighted by Crippen LogP contribution is -2.64. The highest BCUT2D eigenvalue weighted by Crippen LogP contribution is 2.47. The smallest absolute Gasteiger partial charge is 0.462 e. The highest BCUT2D eigenvalue weighted by molar-refractivity contribution is 7.47. The predicted molar refractivity (Wildman–Crippen MR) is 194 cm³/mol. The minimum atomic E-state index is -5.08. The summed E-state index contributed by atoms with van der Waals surface area (Å²) in [4.78, 5) is 34.3. The van der Waals surface area contributed by atoms with Gasteiger partial charge in [-0.2, -0.15) is 0 Å². The van der Waals surface area contributed by atoms with E-state index in [1.165, 1.54) is 116 Å². The Hall–Kier alpha value is -1.15. The molecule has 0 aromatic rings. The van der Waals surface area contributed by atoms with Crippen molar-refractivity contribution in [1.29, 1.82) is 0 Å². The van der Waals surface area contributed by atoms with Crippen LogP contribution in [0.15, 0.2) is 0 Å². The van der Waals surface area contributed by atoms with Crippen LogP contribution in [0.1, 0.15) is 168 Å². The molecule has 6 unspecified atom stereocenters. The van der Waals surface area contributed by atoms with E-state index in [2.05, 4.69) is 6.92 Å². The quantitative estimate of drug-likeness (QED) is 0.0258. The van der Waals surface area contributed by atoms with Gasteiger partial charge in [0.2, 0.25) is 0 Å². The molecule has 0 amide bonds. The Balaban J connectivity index is 2.17. The summed E-state index contributed by atoms with van der Waals surface area (Å²) in [7, 11) is -5.08. The lowest BCUT2D eigenvalue weighted by molar-refractivity contribution is -0.220. The molecule has 6 N–H and O–H groups in total. The molecule has 0 aliphatic heterocycles. The van der Waals surface area contributed by atoms with E-state index in [9.17, 15) is 44.6 Å². The topological polar surface area (TPSA) is 210 Å². The van der Waals surface area contributed by atoms with Gasteiger partial charge in [-0.1, -0.05) is 149 Å². The maximum atomic E-state index is 12.5. The summed E-state index contributed by atoms with van der Waals surface area (Å²) < 4.78 is 32.6. The van der Waals surface area contributed by atoms with Gasteiger partial charge in [0, 0.05) is 12.8 Å². The zero-order chi connectivity index (χ0) is 37.9. The number of esters is 2. The van der Waals surface area contributed by atoms with Crippen molar-refractivity contribution >= 4 is 19.8 Å². The molecular formula is C37H71O13P. The van der Waals surface area contributed by atoms with Gasteiger partial charge in [-0.15, -0.1) is 0 Å². The van der Waals surface area contributed by atoms with Crippen molar-refractivity contribution in [3.05, 3.63) is 0 Å². The number of phosphoric ester groups is 1. The molecule has 0 heterocycles. The summed E-state index contributed by atoms with van der Waals surface area (Å²) in [5.74, 6) is -1.19. The van der Waals surface area contributed by atoms with E-state index in [0.717, 1.165) is 19.3 Å². The third kappa shape index (κ3) is 22.6. The summed E-state index contributed by atoms with van der Waals surface area (Å²) in [5, 5.41) is 49.5. The van der Waals surface area contributed by atoms with Crippen molar-refractivity contribution in [3.8, 4) is 0 Å². The van der Waals surface area contributed by atoms with E-state index >= 15 is 0 Å².